The third-order valence-electron chi connectivity index (χ3n) is 3.39. The molecule has 0 saturated carbocycles. The van der Waals surface area contributed by atoms with E-state index in [4.69, 9.17) is 0 Å². The molecule has 5 nitrogen and oxygen atoms in total. The Morgan fingerprint density at radius 1 is 1.50 bits per heavy atom. The number of fused-ring (bicyclic) bond motifs is 1. The Bertz CT molecular complexity index is 644. The molecule has 106 valence electrons. The highest BCUT2D eigenvalue weighted by molar-refractivity contribution is 5.93. The van der Waals surface area contributed by atoms with Crippen molar-refractivity contribution in [2.24, 2.45) is 0 Å². The van der Waals surface area contributed by atoms with Crippen LogP contribution in [0.1, 0.15) is 25.3 Å². The van der Waals surface area contributed by atoms with Crippen molar-refractivity contribution in [2.75, 3.05) is 13.6 Å². The molecule has 0 radical (unpaired) electrons. The molecule has 1 aromatic carbocycles. The number of allylic oxidation sites excluding steroid dienone is 1. The number of aromatic nitrogens is 1. The van der Waals surface area contributed by atoms with Gasteiger partial charge in [-0.15, -0.1) is 0 Å². The average Bonchev–Trinajstić information content (AvgIpc) is 2.86. The summed E-state index contributed by atoms with van der Waals surface area (Å²) in [4.78, 5) is 13.5. The van der Waals surface area contributed by atoms with Crippen molar-refractivity contribution >= 4 is 22.2 Å². The van der Waals surface area contributed by atoms with Crippen molar-refractivity contribution in [1.82, 2.24) is 10.3 Å². The van der Waals surface area contributed by atoms with Gasteiger partial charge in [0, 0.05) is 29.3 Å². The summed E-state index contributed by atoms with van der Waals surface area (Å²) in [6, 6.07) is 4.96. The van der Waals surface area contributed by atoms with Crippen LogP contribution in [0.25, 0.3) is 16.5 Å². The summed E-state index contributed by atoms with van der Waals surface area (Å²) in [6.07, 6.45) is 6.07. The molecule has 0 atom stereocenters. The molecule has 0 unspecified atom stereocenters. The quantitative estimate of drug-likeness (QED) is 0.481. The van der Waals surface area contributed by atoms with Crippen molar-refractivity contribution < 1.29 is 4.92 Å². The fraction of sp³-hybridized carbons (Fsp3) is 0.333. The van der Waals surface area contributed by atoms with E-state index in [9.17, 15) is 10.1 Å². The van der Waals surface area contributed by atoms with E-state index in [1.807, 2.05) is 19.3 Å². The van der Waals surface area contributed by atoms with E-state index in [1.54, 1.807) is 12.1 Å². The molecular weight excluding hydrogens is 254 g/mol. The van der Waals surface area contributed by atoms with Gasteiger partial charge in [-0.3, -0.25) is 10.1 Å². The monoisotopic (exact) mass is 273 g/mol. The number of non-ortho nitro benzene ring substituents is 1. The van der Waals surface area contributed by atoms with Crippen LogP contribution < -0.4 is 5.32 Å². The maximum atomic E-state index is 10.8. The lowest BCUT2D eigenvalue weighted by atomic mass is 10.0. The molecule has 1 heterocycles. The number of nitro benzene ring substituents is 1. The van der Waals surface area contributed by atoms with Crippen LogP contribution in [-0.4, -0.2) is 23.5 Å². The predicted octanol–water partition coefficient (Wildman–Crippen LogP) is 3.48. The summed E-state index contributed by atoms with van der Waals surface area (Å²) in [7, 11) is 1.93. The van der Waals surface area contributed by atoms with Gasteiger partial charge in [0.25, 0.3) is 5.69 Å². The topological polar surface area (TPSA) is 71.0 Å². The number of nitrogens with one attached hydrogen (secondary N) is 2. The van der Waals surface area contributed by atoms with Crippen LogP contribution in [0.4, 0.5) is 5.69 Å². The standard InChI is InChI=1S/C15H19N3O2/c1-3-11(5-4-8-16-2)14-10-17-15-9-12(18(19)20)6-7-13(14)15/h5-7,9-10,16-17H,3-4,8H2,1-2H3. The number of hydrogen-bond acceptors (Lipinski definition) is 3. The van der Waals surface area contributed by atoms with Gasteiger partial charge in [0.2, 0.25) is 0 Å². The Kier molecular flexibility index (Phi) is 4.53. The van der Waals surface area contributed by atoms with E-state index in [-0.39, 0.29) is 10.6 Å². The normalized spacial score (nSPS) is 12.0. The Hall–Kier alpha value is -2.14. The van der Waals surface area contributed by atoms with E-state index >= 15 is 0 Å². The van der Waals surface area contributed by atoms with Crippen molar-refractivity contribution in [3.63, 3.8) is 0 Å². The molecule has 0 aliphatic carbocycles. The fourth-order valence-corrected chi connectivity index (χ4v) is 2.33. The van der Waals surface area contributed by atoms with Crippen LogP contribution in [0.2, 0.25) is 0 Å². The van der Waals surface area contributed by atoms with E-state index in [0.29, 0.717) is 0 Å². The zero-order valence-electron chi connectivity index (χ0n) is 11.8. The third kappa shape index (κ3) is 2.88. The maximum Gasteiger partial charge on any atom is 0.271 e. The first-order chi connectivity index (χ1) is 9.67. The van der Waals surface area contributed by atoms with E-state index in [0.717, 1.165) is 35.9 Å². The van der Waals surface area contributed by atoms with Gasteiger partial charge in [-0.1, -0.05) is 13.0 Å². The van der Waals surface area contributed by atoms with Crippen LogP contribution in [0.5, 0.6) is 0 Å². The minimum absolute atomic E-state index is 0.114. The molecule has 2 N–H and O–H groups in total. The zero-order chi connectivity index (χ0) is 14.5. The van der Waals surface area contributed by atoms with Crippen molar-refractivity contribution in [1.29, 1.82) is 0 Å². The number of benzene rings is 1. The molecule has 1 aromatic heterocycles. The molecule has 0 spiro atoms. The Balaban J connectivity index is 2.39. The Labute approximate surface area is 117 Å². The van der Waals surface area contributed by atoms with Gasteiger partial charge in [-0.25, -0.2) is 0 Å². The molecule has 0 fully saturated rings. The molecule has 0 bridgehead atoms. The lowest BCUT2D eigenvalue weighted by Gasteiger charge is -2.04. The van der Waals surface area contributed by atoms with Gasteiger partial charge in [0.1, 0.15) is 0 Å². The number of rotatable bonds is 6. The summed E-state index contributed by atoms with van der Waals surface area (Å²) in [5.74, 6) is 0. The minimum atomic E-state index is -0.372. The van der Waals surface area contributed by atoms with Crippen LogP contribution in [0.15, 0.2) is 30.5 Å². The number of aromatic amines is 1. The number of nitro groups is 1. The van der Waals surface area contributed by atoms with Crippen LogP contribution in [0.3, 0.4) is 0 Å². The Morgan fingerprint density at radius 2 is 2.30 bits per heavy atom. The van der Waals surface area contributed by atoms with Gasteiger partial charge in [0.05, 0.1) is 10.4 Å². The first-order valence-electron chi connectivity index (χ1n) is 6.77. The third-order valence-corrected chi connectivity index (χ3v) is 3.39. The van der Waals surface area contributed by atoms with Crippen molar-refractivity contribution in [3.05, 3.63) is 46.1 Å². The second-order valence-corrected chi connectivity index (χ2v) is 4.66. The maximum absolute atomic E-state index is 10.8. The van der Waals surface area contributed by atoms with Gasteiger partial charge in [-0.2, -0.15) is 0 Å². The second-order valence-electron chi connectivity index (χ2n) is 4.66. The first kappa shape index (κ1) is 14.3. The lowest BCUT2D eigenvalue weighted by molar-refractivity contribution is -0.384. The van der Waals surface area contributed by atoms with Crippen LogP contribution in [-0.2, 0) is 0 Å². The minimum Gasteiger partial charge on any atom is -0.360 e. The molecule has 0 amide bonds. The van der Waals surface area contributed by atoms with Gasteiger partial charge in [-0.05, 0) is 38.1 Å². The molecule has 0 aliphatic rings. The average molecular weight is 273 g/mol. The number of H-pyrrole nitrogens is 1. The van der Waals surface area contributed by atoms with Gasteiger partial charge >= 0.3 is 0 Å². The predicted molar refractivity (Wildman–Crippen MR) is 81.8 cm³/mol. The molecular formula is C15H19N3O2. The Morgan fingerprint density at radius 3 is 2.95 bits per heavy atom. The van der Waals surface area contributed by atoms with Crippen molar-refractivity contribution in [3.8, 4) is 0 Å². The SMILES string of the molecule is CCC(=CCCNC)c1c[nH]c2cc([N+](=O)[O-])ccc12. The fourth-order valence-electron chi connectivity index (χ4n) is 2.33. The summed E-state index contributed by atoms with van der Waals surface area (Å²) < 4.78 is 0. The summed E-state index contributed by atoms with van der Waals surface area (Å²) >= 11 is 0. The number of hydrogen-bond donors (Lipinski definition) is 2. The highest BCUT2D eigenvalue weighted by atomic mass is 16.6. The van der Waals surface area contributed by atoms with Crippen molar-refractivity contribution in [2.45, 2.75) is 19.8 Å². The first-order valence-corrected chi connectivity index (χ1v) is 6.77. The van der Waals surface area contributed by atoms with Gasteiger partial charge in [0.15, 0.2) is 0 Å². The molecule has 2 rings (SSSR count). The van der Waals surface area contributed by atoms with Crippen LogP contribution in [0, 0.1) is 10.1 Å². The molecule has 0 aliphatic heterocycles. The van der Waals surface area contributed by atoms with E-state index in [2.05, 4.69) is 23.3 Å². The van der Waals surface area contributed by atoms with E-state index in [1.165, 1.54) is 5.57 Å². The summed E-state index contributed by atoms with van der Waals surface area (Å²) in [5.41, 5.74) is 3.32. The lowest BCUT2D eigenvalue weighted by Crippen LogP contribution is -2.06. The second kappa shape index (κ2) is 6.34. The molecule has 5 heteroatoms. The van der Waals surface area contributed by atoms with E-state index < -0.39 is 0 Å². The molecule has 2 aromatic rings. The van der Waals surface area contributed by atoms with Gasteiger partial charge < -0.3 is 10.3 Å². The zero-order valence-corrected chi connectivity index (χ0v) is 11.8. The van der Waals surface area contributed by atoms with Crippen LogP contribution >= 0.6 is 0 Å². The highest BCUT2D eigenvalue weighted by Crippen LogP contribution is 2.29. The smallest absolute Gasteiger partial charge is 0.271 e. The highest BCUT2D eigenvalue weighted by Gasteiger charge is 2.11. The molecule has 0 saturated heterocycles. The number of nitrogens with zero attached hydrogens (tertiary/aromatic N) is 1. The summed E-state index contributed by atoms with van der Waals surface area (Å²) in [5, 5.41) is 14.9. The molecule has 20 heavy (non-hydrogen) atoms. The summed E-state index contributed by atoms with van der Waals surface area (Å²) in [6.45, 7) is 3.06. The largest absolute Gasteiger partial charge is 0.360 e.